The Kier molecular flexibility index (Phi) is 9.19. The van der Waals surface area contributed by atoms with Gasteiger partial charge in [0.25, 0.3) is 5.56 Å². The van der Waals surface area contributed by atoms with Crippen LogP contribution in [0.3, 0.4) is 0 Å². The third kappa shape index (κ3) is 6.15. The summed E-state index contributed by atoms with van der Waals surface area (Å²) in [6.45, 7) is 19.8. The van der Waals surface area contributed by atoms with Crippen LogP contribution in [0.25, 0.3) is 0 Å². The highest BCUT2D eigenvalue weighted by molar-refractivity contribution is 6.82. The highest BCUT2D eigenvalue weighted by Crippen LogP contribution is 2.44. The second-order valence-electron chi connectivity index (χ2n) is 12.9. The second kappa shape index (κ2) is 11.7. The number of fused-ring (bicyclic) bond motifs is 1. The smallest absolute Gasteiger partial charge is 0.353 e. The molecule has 2 aromatic rings. The number of nitrogens with zero attached hydrogens (tertiary/aromatic N) is 2. The molecule has 216 valence electrons. The summed E-state index contributed by atoms with van der Waals surface area (Å²) in [5, 5.41) is 6.01. The number of hydrogen-bond acceptors (Lipinski definition) is 6. The van der Waals surface area contributed by atoms with Gasteiger partial charge in [-0.05, 0) is 59.6 Å². The lowest BCUT2D eigenvalue weighted by atomic mass is 9.91. The number of esters is 1. The predicted molar refractivity (Wildman–Crippen MR) is 159 cm³/mol. The van der Waals surface area contributed by atoms with Crippen molar-refractivity contribution in [3.8, 4) is 0 Å². The average Bonchev–Trinajstić information content (AvgIpc) is 3.25. The molecule has 3 heterocycles. The number of aryl methyl sites for hydroxylation is 1. The Morgan fingerprint density at radius 1 is 1.15 bits per heavy atom. The number of aromatic nitrogens is 3. The Morgan fingerprint density at radius 3 is 2.31 bits per heavy atom. The molecular weight excluding hydrogens is 510 g/mol. The molecule has 0 aliphatic carbocycles. The van der Waals surface area contributed by atoms with Gasteiger partial charge >= 0.3 is 5.97 Å². The van der Waals surface area contributed by atoms with Crippen molar-refractivity contribution < 1.29 is 14.3 Å². The van der Waals surface area contributed by atoms with E-state index in [0.29, 0.717) is 46.7 Å². The summed E-state index contributed by atoms with van der Waals surface area (Å²) >= 11 is 0. The van der Waals surface area contributed by atoms with Gasteiger partial charge in [0.05, 0.1) is 12.7 Å². The van der Waals surface area contributed by atoms with E-state index in [1.54, 1.807) is 20.8 Å². The normalized spacial score (nSPS) is 15.9. The van der Waals surface area contributed by atoms with E-state index >= 15 is 0 Å². The van der Waals surface area contributed by atoms with E-state index in [1.165, 1.54) is 7.11 Å². The first kappa shape index (κ1) is 30.7. The molecule has 1 aliphatic heterocycles. The van der Waals surface area contributed by atoms with Crippen LogP contribution in [0, 0.1) is 11.3 Å². The molecule has 0 spiro atoms. The minimum atomic E-state index is -2.14. The molecule has 3 rings (SSSR count). The van der Waals surface area contributed by atoms with E-state index in [9.17, 15) is 14.4 Å². The molecule has 0 saturated heterocycles. The van der Waals surface area contributed by atoms with Crippen LogP contribution in [0.15, 0.2) is 17.1 Å². The summed E-state index contributed by atoms with van der Waals surface area (Å²) in [5.74, 6) is 0.425. The molecule has 0 aromatic carbocycles. The zero-order valence-electron chi connectivity index (χ0n) is 25.3. The van der Waals surface area contributed by atoms with Crippen LogP contribution in [0.4, 0.5) is 11.8 Å². The van der Waals surface area contributed by atoms with E-state index in [4.69, 9.17) is 4.74 Å². The van der Waals surface area contributed by atoms with Gasteiger partial charge in [-0.15, -0.1) is 0 Å². The molecule has 2 aromatic heterocycles. The van der Waals surface area contributed by atoms with E-state index in [2.05, 4.69) is 72.6 Å². The van der Waals surface area contributed by atoms with Gasteiger partial charge in [0, 0.05) is 12.0 Å². The molecule has 1 amide bonds. The average molecular weight is 558 g/mol. The van der Waals surface area contributed by atoms with Crippen LogP contribution in [-0.4, -0.2) is 48.0 Å². The van der Waals surface area contributed by atoms with E-state index in [0.717, 1.165) is 18.4 Å². The maximum Gasteiger partial charge on any atom is 0.353 e. The maximum atomic E-state index is 12.9. The minimum Gasteiger partial charge on any atom is -0.464 e. The fraction of sp³-hybridized carbons (Fsp3) is 0.655. The summed E-state index contributed by atoms with van der Waals surface area (Å²) < 4.78 is 7.51. The predicted octanol–water partition coefficient (Wildman–Crippen LogP) is 5.58. The summed E-state index contributed by atoms with van der Waals surface area (Å²) in [4.78, 5) is 45.2. The summed E-state index contributed by atoms with van der Waals surface area (Å²) in [7, 11) is -0.695. The van der Waals surface area contributed by atoms with Crippen molar-refractivity contribution in [2.75, 3.05) is 24.3 Å². The number of amides is 1. The van der Waals surface area contributed by atoms with E-state index in [-0.39, 0.29) is 29.3 Å². The fourth-order valence-electron chi connectivity index (χ4n) is 6.44. The van der Waals surface area contributed by atoms with E-state index in [1.807, 2.05) is 6.07 Å². The number of nitrogens with one attached hydrogen (secondary N) is 3. The molecule has 10 heteroatoms. The Hall–Kier alpha value is -2.88. The SMILES string of the molecule is COC(=O)c1cc(CCC2CNc3nc(NC(=O)C(C)(C)C)[nH]c(=O)c3C2)cn1[Si](C(C)C)(C(C)C)C(C)C. The largest absolute Gasteiger partial charge is 0.464 e. The van der Waals surface area contributed by atoms with E-state index < -0.39 is 13.7 Å². The molecular formula is C29H47N5O4Si. The Bertz CT molecular complexity index is 1230. The van der Waals surface area contributed by atoms with Crippen LogP contribution >= 0.6 is 0 Å². The standard InChI is InChI=1S/C29H47N5O4Si/c1-17(2)39(18(3)4,19(5)6)34-16-21(14-23(34)26(36)38-10)12-11-20-13-22-24(30-15-20)31-28(32-25(22)35)33-27(37)29(7,8)9/h14,16-20H,11-13,15H2,1-10H3,(H3,30,31,32,33,35,37). The van der Waals surface area contributed by atoms with Crippen LogP contribution in [0.2, 0.25) is 16.6 Å². The number of carbonyl (C=O) groups is 2. The van der Waals surface area contributed by atoms with Gasteiger partial charge in [-0.25, -0.2) is 4.79 Å². The minimum absolute atomic E-state index is 0.161. The number of methoxy groups -OCH3 is 1. The molecule has 1 aliphatic rings. The third-order valence-corrected chi connectivity index (χ3v) is 15.0. The summed E-state index contributed by atoms with van der Waals surface area (Å²) in [6.07, 6.45) is 4.45. The fourth-order valence-corrected chi connectivity index (χ4v) is 13.1. The van der Waals surface area contributed by atoms with Crippen LogP contribution < -0.4 is 16.2 Å². The third-order valence-electron chi connectivity index (χ3n) is 8.28. The van der Waals surface area contributed by atoms with Crippen molar-refractivity contribution in [2.45, 2.75) is 98.2 Å². The van der Waals surface area contributed by atoms with Crippen molar-refractivity contribution >= 4 is 31.9 Å². The molecule has 3 N–H and O–H groups in total. The van der Waals surface area contributed by atoms with Gasteiger partial charge in [-0.1, -0.05) is 62.3 Å². The highest BCUT2D eigenvalue weighted by Gasteiger charge is 2.47. The Morgan fingerprint density at radius 2 is 1.77 bits per heavy atom. The lowest BCUT2D eigenvalue weighted by Crippen LogP contribution is -2.52. The quantitative estimate of drug-likeness (QED) is 0.273. The number of carbonyl (C=O) groups excluding carboxylic acids is 2. The van der Waals surface area contributed by atoms with Gasteiger partial charge in [0.15, 0.2) is 8.24 Å². The molecule has 0 saturated carbocycles. The van der Waals surface area contributed by atoms with Gasteiger partial charge in [0.2, 0.25) is 11.9 Å². The Balaban J connectivity index is 1.82. The summed E-state index contributed by atoms with van der Waals surface area (Å²) in [6, 6.07) is 2.00. The maximum absolute atomic E-state index is 12.9. The lowest BCUT2D eigenvalue weighted by Gasteiger charge is -2.44. The molecule has 1 atom stereocenters. The lowest BCUT2D eigenvalue weighted by molar-refractivity contribution is -0.123. The van der Waals surface area contributed by atoms with Crippen molar-refractivity contribution in [1.29, 1.82) is 0 Å². The first-order valence-electron chi connectivity index (χ1n) is 14.1. The number of aromatic amines is 1. The van der Waals surface area contributed by atoms with Crippen LogP contribution in [0.5, 0.6) is 0 Å². The van der Waals surface area contributed by atoms with Crippen LogP contribution in [-0.2, 0) is 22.4 Å². The van der Waals surface area contributed by atoms with Crippen LogP contribution in [0.1, 0.15) is 90.3 Å². The zero-order chi connectivity index (χ0) is 29.3. The number of hydrogen-bond donors (Lipinski definition) is 3. The molecule has 0 bridgehead atoms. The molecule has 39 heavy (non-hydrogen) atoms. The monoisotopic (exact) mass is 557 g/mol. The number of anilines is 2. The van der Waals surface area contributed by atoms with Crippen molar-refractivity contribution in [3.05, 3.63) is 39.4 Å². The van der Waals surface area contributed by atoms with Gasteiger partial charge in [-0.2, -0.15) is 4.98 Å². The first-order chi connectivity index (χ1) is 18.1. The molecule has 0 fully saturated rings. The molecule has 0 radical (unpaired) electrons. The molecule has 9 nitrogen and oxygen atoms in total. The van der Waals surface area contributed by atoms with Crippen molar-refractivity contribution in [3.63, 3.8) is 0 Å². The molecule has 1 unspecified atom stereocenters. The first-order valence-corrected chi connectivity index (χ1v) is 16.3. The zero-order valence-corrected chi connectivity index (χ0v) is 26.3. The van der Waals surface area contributed by atoms with Crippen molar-refractivity contribution in [1.82, 2.24) is 14.2 Å². The summed E-state index contributed by atoms with van der Waals surface area (Å²) in [5.41, 5.74) is 2.87. The van der Waals surface area contributed by atoms with Crippen molar-refractivity contribution in [2.24, 2.45) is 11.3 Å². The number of H-pyrrole nitrogens is 1. The topological polar surface area (TPSA) is 118 Å². The van der Waals surface area contributed by atoms with Gasteiger partial charge < -0.3 is 14.3 Å². The van der Waals surface area contributed by atoms with Gasteiger partial charge in [0.1, 0.15) is 11.5 Å². The number of rotatable bonds is 9. The highest BCUT2D eigenvalue weighted by atomic mass is 28.3. The Labute approximate surface area is 233 Å². The number of ether oxygens (including phenoxy) is 1. The second-order valence-corrected chi connectivity index (χ2v) is 18.6. The van der Waals surface area contributed by atoms with Gasteiger partial charge in [-0.3, -0.25) is 19.9 Å².